The van der Waals surface area contributed by atoms with E-state index in [1.807, 2.05) is 0 Å². The van der Waals surface area contributed by atoms with Gasteiger partial charge in [-0.05, 0) is 6.07 Å². The molecule has 1 aromatic heterocycles. The number of ether oxygens (including phenoxy) is 2. The number of aliphatic hydroxyl groups is 4. The van der Waals surface area contributed by atoms with Gasteiger partial charge in [0, 0.05) is 5.56 Å². The summed E-state index contributed by atoms with van der Waals surface area (Å²) in [5, 5.41) is 37.9. The standard InChI is InChI=1S/C12H16O8/c13-3-7-6(1-2-18-7)5-19-12-11(17)10(16)9(15)8(4-14)20-12/h1-3,8-12,14-17H,4-5H2/t8-,9-,10+,11-,12?/m1/s1. The molecule has 0 amide bonds. The Morgan fingerprint density at radius 3 is 2.65 bits per heavy atom. The van der Waals surface area contributed by atoms with Crippen LogP contribution in [0.2, 0.25) is 0 Å². The molecule has 1 fully saturated rings. The number of hydrogen-bond donors (Lipinski definition) is 4. The Kier molecular flexibility index (Phi) is 4.86. The average Bonchev–Trinajstić information content (AvgIpc) is 2.91. The van der Waals surface area contributed by atoms with Crippen LogP contribution in [-0.4, -0.2) is 64.0 Å². The zero-order valence-corrected chi connectivity index (χ0v) is 10.5. The highest BCUT2D eigenvalue weighted by Crippen LogP contribution is 2.23. The average molecular weight is 288 g/mol. The van der Waals surface area contributed by atoms with Gasteiger partial charge < -0.3 is 34.3 Å². The summed E-state index contributed by atoms with van der Waals surface area (Å²) in [6.07, 6.45) is -4.84. The molecule has 0 aromatic carbocycles. The molecule has 2 rings (SSSR count). The Morgan fingerprint density at radius 1 is 1.25 bits per heavy atom. The highest BCUT2D eigenvalue weighted by Gasteiger charge is 2.44. The quantitative estimate of drug-likeness (QED) is 0.477. The molecule has 1 aliphatic rings. The number of rotatable bonds is 5. The van der Waals surface area contributed by atoms with Crippen LogP contribution in [0, 0.1) is 0 Å². The predicted octanol–water partition coefficient (Wildman–Crippen LogP) is -1.59. The largest absolute Gasteiger partial charge is 0.461 e. The van der Waals surface area contributed by atoms with Crippen LogP contribution in [0.1, 0.15) is 16.1 Å². The summed E-state index contributed by atoms with van der Waals surface area (Å²) in [6, 6.07) is 1.52. The number of aliphatic hydroxyl groups excluding tert-OH is 4. The topological polar surface area (TPSA) is 130 Å². The molecule has 1 aliphatic heterocycles. The Hall–Kier alpha value is -1.29. The van der Waals surface area contributed by atoms with E-state index < -0.39 is 37.3 Å². The molecule has 2 heterocycles. The summed E-state index contributed by atoms with van der Waals surface area (Å²) in [6.45, 7) is -0.622. The van der Waals surface area contributed by atoms with Crippen molar-refractivity contribution < 1.29 is 39.1 Å². The Balaban J connectivity index is 1.99. The van der Waals surface area contributed by atoms with Gasteiger partial charge in [0.1, 0.15) is 24.4 Å². The second-order valence-electron chi connectivity index (χ2n) is 4.44. The minimum atomic E-state index is -1.50. The first-order chi connectivity index (χ1) is 9.58. The number of hydrogen-bond acceptors (Lipinski definition) is 8. The van der Waals surface area contributed by atoms with Crippen LogP contribution < -0.4 is 0 Å². The summed E-state index contributed by atoms with van der Waals surface area (Å²) < 4.78 is 15.3. The summed E-state index contributed by atoms with van der Waals surface area (Å²) in [5.74, 6) is 0.0922. The van der Waals surface area contributed by atoms with E-state index in [9.17, 15) is 20.1 Å². The lowest BCUT2D eigenvalue weighted by atomic mass is 9.99. The van der Waals surface area contributed by atoms with E-state index in [0.29, 0.717) is 11.8 Å². The van der Waals surface area contributed by atoms with Gasteiger partial charge in [0.05, 0.1) is 19.5 Å². The number of aldehydes is 1. The number of furan rings is 1. The van der Waals surface area contributed by atoms with Crippen molar-refractivity contribution in [2.45, 2.75) is 37.3 Å². The van der Waals surface area contributed by atoms with Crippen LogP contribution in [0.15, 0.2) is 16.7 Å². The molecule has 8 heteroatoms. The van der Waals surface area contributed by atoms with E-state index in [2.05, 4.69) is 0 Å². The summed E-state index contributed by atoms with van der Waals surface area (Å²) in [5.41, 5.74) is 0.456. The lowest BCUT2D eigenvalue weighted by molar-refractivity contribution is -0.304. The van der Waals surface area contributed by atoms with E-state index in [1.54, 1.807) is 0 Å². The lowest BCUT2D eigenvalue weighted by Crippen LogP contribution is -2.59. The van der Waals surface area contributed by atoms with Crippen LogP contribution in [0.25, 0.3) is 0 Å². The normalized spacial score (nSPS) is 34.1. The maximum absolute atomic E-state index is 10.7. The van der Waals surface area contributed by atoms with Crippen LogP contribution in [0.4, 0.5) is 0 Å². The van der Waals surface area contributed by atoms with Crippen molar-refractivity contribution in [3.05, 3.63) is 23.7 Å². The predicted molar refractivity (Wildman–Crippen MR) is 62.7 cm³/mol. The van der Waals surface area contributed by atoms with Crippen LogP contribution >= 0.6 is 0 Å². The zero-order chi connectivity index (χ0) is 14.7. The molecule has 20 heavy (non-hydrogen) atoms. The first kappa shape index (κ1) is 15.1. The molecule has 112 valence electrons. The first-order valence-electron chi connectivity index (χ1n) is 6.02. The Bertz CT molecular complexity index is 442. The third-order valence-corrected chi connectivity index (χ3v) is 3.14. The molecule has 0 radical (unpaired) electrons. The summed E-state index contributed by atoms with van der Waals surface area (Å²) >= 11 is 0. The molecule has 0 aliphatic carbocycles. The molecule has 1 saturated heterocycles. The van der Waals surface area contributed by atoms with Crippen molar-refractivity contribution >= 4 is 6.29 Å². The number of carbonyl (C=O) groups is 1. The molecule has 0 spiro atoms. The van der Waals surface area contributed by atoms with Gasteiger partial charge in [-0.1, -0.05) is 0 Å². The van der Waals surface area contributed by atoms with Crippen LogP contribution in [0.5, 0.6) is 0 Å². The van der Waals surface area contributed by atoms with E-state index in [1.165, 1.54) is 12.3 Å². The molecular formula is C12H16O8. The third kappa shape index (κ3) is 2.90. The highest BCUT2D eigenvalue weighted by atomic mass is 16.7. The van der Waals surface area contributed by atoms with E-state index in [0.717, 1.165) is 0 Å². The SMILES string of the molecule is O=Cc1occc1COC1O[C@H](CO)[C@@H](O)[C@H](O)[C@H]1O. The molecule has 1 unspecified atom stereocenters. The fourth-order valence-corrected chi connectivity index (χ4v) is 1.95. The van der Waals surface area contributed by atoms with Crippen molar-refractivity contribution in [1.29, 1.82) is 0 Å². The first-order valence-corrected chi connectivity index (χ1v) is 6.02. The van der Waals surface area contributed by atoms with Crippen LogP contribution in [0.3, 0.4) is 0 Å². The minimum Gasteiger partial charge on any atom is -0.461 e. The Labute approximate surface area is 114 Å². The molecule has 1 aromatic rings. The molecule has 0 saturated carbocycles. The van der Waals surface area contributed by atoms with Gasteiger partial charge in [0.25, 0.3) is 0 Å². The van der Waals surface area contributed by atoms with Gasteiger partial charge >= 0.3 is 0 Å². The summed E-state index contributed by atoms with van der Waals surface area (Å²) in [7, 11) is 0. The second-order valence-corrected chi connectivity index (χ2v) is 4.44. The highest BCUT2D eigenvalue weighted by molar-refractivity contribution is 5.72. The van der Waals surface area contributed by atoms with Gasteiger partial charge in [-0.2, -0.15) is 0 Å². The Morgan fingerprint density at radius 2 is 2.00 bits per heavy atom. The monoisotopic (exact) mass is 288 g/mol. The lowest BCUT2D eigenvalue weighted by Gasteiger charge is -2.39. The number of carbonyl (C=O) groups excluding carboxylic acids is 1. The molecular weight excluding hydrogens is 272 g/mol. The van der Waals surface area contributed by atoms with Gasteiger partial charge in [-0.25, -0.2) is 0 Å². The summed E-state index contributed by atoms with van der Waals surface area (Å²) in [4.78, 5) is 10.7. The van der Waals surface area contributed by atoms with Crippen molar-refractivity contribution in [1.82, 2.24) is 0 Å². The van der Waals surface area contributed by atoms with E-state index in [-0.39, 0.29) is 12.4 Å². The van der Waals surface area contributed by atoms with Crippen molar-refractivity contribution in [2.24, 2.45) is 0 Å². The fourth-order valence-electron chi connectivity index (χ4n) is 1.95. The van der Waals surface area contributed by atoms with Crippen molar-refractivity contribution in [2.75, 3.05) is 6.61 Å². The molecule has 5 atom stereocenters. The zero-order valence-electron chi connectivity index (χ0n) is 10.5. The van der Waals surface area contributed by atoms with Gasteiger partial charge in [0.2, 0.25) is 0 Å². The second kappa shape index (κ2) is 6.44. The van der Waals surface area contributed by atoms with Crippen molar-refractivity contribution in [3.63, 3.8) is 0 Å². The molecule has 0 bridgehead atoms. The van der Waals surface area contributed by atoms with Gasteiger partial charge in [-0.15, -0.1) is 0 Å². The van der Waals surface area contributed by atoms with Gasteiger partial charge in [0.15, 0.2) is 18.3 Å². The smallest absolute Gasteiger partial charge is 0.187 e. The maximum Gasteiger partial charge on any atom is 0.187 e. The third-order valence-electron chi connectivity index (χ3n) is 3.14. The van der Waals surface area contributed by atoms with Crippen LogP contribution in [-0.2, 0) is 16.1 Å². The maximum atomic E-state index is 10.7. The van der Waals surface area contributed by atoms with Crippen molar-refractivity contribution in [3.8, 4) is 0 Å². The fraction of sp³-hybridized carbons (Fsp3) is 0.583. The van der Waals surface area contributed by atoms with E-state index >= 15 is 0 Å². The van der Waals surface area contributed by atoms with Gasteiger partial charge in [-0.3, -0.25) is 4.79 Å². The van der Waals surface area contributed by atoms with E-state index in [4.69, 9.17) is 19.0 Å². The minimum absolute atomic E-state index is 0.0900. The molecule has 4 N–H and O–H groups in total. The molecule has 8 nitrogen and oxygen atoms in total.